The lowest BCUT2D eigenvalue weighted by Crippen LogP contribution is -2.40. The fourth-order valence-corrected chi connectivity index (χ4v) is 3.77. The Morgan fingerprint density at radius 1 is 1.19 bits per heavy atom. The third-order valence-electron chi connectivity index (χ3n) is 3.73. The van der Waals surface area contributed by atoms with Crippen LogP contribution < -0.4 is 14.4 Å². The number of ether oxygens (including phenoxy) is 1. The van der Waals surface area contributed by atoms with Crippen LogP contribution in [0.1, 0.15) is 12.5 Å². The summed E-state index contributed by atoms with van der Waals surface area (Å²) in [6.07, 6.45) is 3.00. The summed E-state index contributed by atoms with van der Waals surface area (Å²) < 4.78 is 30.9. The minimum atomic E-state index is -3.59. The molecule has 1 N–H and O–H groups in total. The molecule has 146 valence electrons. The Kier molecular flexibility index (Phi) is 7.55. The number of carbonyl (C=O) groups is 1. The van der Waals surface area contributed by atoms with Crippen LogP contribution in [0.2, 0.25) is 0 Å². The number of nitrogens with zero attached hydrogens (tertiary/aromatic N) is 1. The first-order valence-corrected chi connectivity index (χ1v) is 11.5. The maximum atomic E-state index is 12.4. The number of benzene rings is 2. The predicted octanol–water partition coefficient (Wildman–Crippen LogP) is 2.89. The second kappa shape index (κ2) is 9.66. The quantitative estimate of drug-likeness (QED) is 0.646. The first-order chi connectivity index (χ1) is 12.8. The molecule has 0 saturated heterocycles. The number of rotatable bonds is 9. The minimum absolute atomic E-state index is 0.276. The van der Waals surface area contributed by atoms with E-state index >= 15 is 0 Å². The van der Waals surface area contributed by atoms with Gasteiger partial charge in [-0.25, -0.2) is 8.42 Å². The summed E-state index contributed by atoms with van der Waals surface area (Å²) in [6.45, 7) is 2.48. The fraction of sp³-hybridized carbons (Fsp3) is 0.316. The van der Waals surface area contributed by atoms with Gasteiger partial charge in [0.05, 0.1) is 18.6 Å². The van der Waals surface area contributed by atoms with E-state index in [1.54, 1.807) is 18.2 Å². The van der Waals surface area contributed by atoms with E-state index in [0.29, 0.717) is 18.8 Å². The molecule has 0 aliphatic carbocycles. The van der Waals surface area contributed by atoms with Crippen LogP contribution in [0.25, 0.3) is 0 Å². The zero-order valence-corrected chi connectivity index (χ0v) is 17.3. The lowest BCUT2D eigenvalue weighted by atomic mass is 10.2. The van der Waals surface area contributed by atoms with Gasteiger partial charge in [0, 0.05) is 11.4 Å². The van der Waals surface area contributed by atoms with E-state index < -0.39 is 10.0 Å². The monoisotopic (exact) mass is 408 g/mol. The number of hydrogen-bond acceptors (Lipinski definition) is 5. The number of hydrogen-bond donors (Lipinski definition) is 1. The highest BCUT2D eigenvalue weighted by Gasteiger charge is 2.21. The summed E-state index contributed by atoms with van der Waals surface area (Å²) in [5.74, 6) is 0.354. The van der Waals surface area contributed by atoms with E-state index in [4.69, 9.17) is 4.74 Å². The van der Waals surface area contributed by atoms with Gasteiger partial charge < -0.3 is 10.1 Å². The summed E-state index contributed by atoms with van der Waals surface area (Å²) in [7, 11) is -3.59. The number of thioether (sulfide) groups is 1. The van der Waals surface area contributed by atoms with Gasteiger partial charge in [-0.1, -0.05) is 18.2 Å². The summed E-state index contributed by atoms with van der Waals surface area (Å²) in [5, 5.41) is 2.76. The first-order valence-electron chi connectivity index (χ1n) is 8.43. The van der Waals surface area contributed by atoms with Gasteiger partial charge in [-0.15, -0.1) is 11.8 Å². The first kappa shape index (κ1) is 21.1. The Bertz CT molecular complexity index is 885. The van der Waals surface area contributed by atoms with Crippen molar-refractivity contribution in [1.82, 2.24) is 5.32 Å². The van der Waals surface area contributed by atoms with Crippen LogP contribution in [0.4, 0.5) is 5.69 Å². The van der Waals surface area contributed by atoms with Gasteiger partial charge in [0.25, 0.3) is 0 Å². The van der Waals surface area contributed by atoms with Crippen molar-refractivity contribution in [2.24, 2.45) is 0 Å². The second-order valence-electron chi connectivity index (χ2n) is 5.83. The third-order valence-corrected chi connectivity index (χ3v) is 5.59. The van der Waals surface area contributed by atoms with Crippen LogP contribution in [0.3, 0.4) is 0 Å². The van der Waals surface area contributed by atoms with Crippen LogP contribution in [0, 0.1) is 0 Å². The lowest BCUT2D eigenvalue weighted by molar-refractivity contribution is -0.119. The van der Waals surface area contributed by atoms with Crippen LogP contribution >= 0.6 is 11.8 Å². The van der Waals surface area contributed by atoms with Crippen molar-refractivity contribution in [2.45, 2.75) is 18.4 Å². The number of carbonyl (C=O) groups excluding carboxylic acids is 1. The molecule has 0 bridgehead atoms. The Morgan fingerprint density at radius 3 is 2.59 bits per heavy atom. The zero-order chi connectivity index (χ0) is 19.9. The molecule has 27 heavy (non-hydrogen) atoms. The molecule has 0 fully saturated rings. The Hall–Kier alpha value is -2.19. The summed E-state index contributed by atoms with van der Waals surface area (Å²) >= 11 is 1.51. The molecule has 2 aromatic carbocycles. The molecular weight excluding hydrogens is 384 g/mol. The Labute approximate surface area is 165 Å². The van der Waals surface area contributed by atoms with Crippen molar-refractivity contribution in [3.63, 3.8) is 0 Å². The molecule has 0 spiro atoms. The van der Waals surface area contributed by atoms with E-state index in [1.165, 1.54) is 11.8 Å². The van der Waals surface area contributed by atoms with Crippen molar-refractivity contribution in [3.8, 4) is 5.75 Å². The van der Waals surface area contributed by atoms with E-state index in [-0.39, 0.29) is 12.5 Å². The molecule has 0 radical (unpaired) electrons. The predicted molar refractivity (Wildman–Crippen MR) is 110 cm³/mol. The number of sulfonamides is 1. The molecule has 0 unspecified atom stereocenters. The fourth-order valence-electron chi connectivity index (χ4n) is 2.46. The highest BCUT2D eigenvalue weighted by atomic mass is 32.2. The second-order valence-corrected chi connectivity index (χ2v) is 8.61. The molecule has 8 heteroatoms. The average molecular weight is 409 g/mol. The normalized spacial score (nSPS) is 11.1. The molecule has 0 saturated carbocycles. The van der Waals surface area contributed by atoms with Crippen LogP contribution in [0.15, 0.2) is 53.4 Å². The van der Waals surface area contributed by atoms with Crippen molar-refractivity contribution < 1.29 is 17.9 Å². The molecular formula is C19H24N2O4S2. The summed E-state index contributed by atoms with van der Waals surface area (Å²) in [6, 6.07) is 14.5. The van der Waals surface area contributed by atoms with Crippen molar-refractivity contribution >= 4 is 33.4 Å². The number of nitrogens with one attached hydrogen (secondary N) is 1. The standard InChI is InChI=1S/C19H24N2O4S2/c1-4-25-17-9-5-7-15(11-17)13-20-19(22)14-21(27(3,23)24)16-8-6-10-18(12-16)26-2/h5-12H,4,13-14H2,1-3H3,(H,20,22). The Balaban J connectivity index is 2.07. The lowest BCUT2D eigenvalue weighted by Gasteiger charge is -2.22. The van der Waals surface area contributed by atoms with Gasteiger partial charge in [-0.2, -0.15) is 0 Å². The zero-order valence-electron chi connectivity index (χ0n) is 15.6. The minimum Gasteiger partial charge on any atom is -0.494 e. The van der Waals surface area contributed by atoms with Gasteiger partial charge in [0.1, 0.15) is 12.3 Å². The molecule has 6 nitrogen and oxygen atoms in total. The van der Waals surface area contributed by atoms with Crippen LogP contribution in [-0.2, 0) is 21.4 Å². The van der Waals surface area contributed by atoms with Crippen molar-refractivity contribution in [3.05, 3.63) is 54.1 Å². The molecule has 0 aliphatic rings. The molecule has 0 atom stereocenters. The van der Waals surface area contributed by atoms with Crippen molar-refractivity contribution in [2.75, 3.05) is 30.0 Å². The molecule has 0 aromatic heterocycles. The smallest absolute Gasteiger partial charge is 0.241 e. The van der Waals surface area contributed by atoms with E-state index in [9.17, 15) is 13.2 Å². The van der Waals surface area contributed by atoms with Crippen LogP contribution in [0.5, 0.6) is 5.75 Å². The third kappa shape index (κ3) is 6.48. The largest absolute Gasteiger partial charge is 0.494 e. The Morgan fingerprint density at radius 2 is 1.93 bits per heavy atom. The van der Waals surface area contributed by atoms with E-state index in [1.807, 2.05) is 43.5 Å². The molecule has 0 heterocycles. The number of anilines is 1. The van der Waals surface area contributed by atoms with E-state index in [0.717, 1.165) is 26.8 Å². The SMILES string of the molecule is CCOc1cccc(CNC(=O)CN(c2cccc(SC)c2)S(C)(=O)=O)c1. The van der Waals surface area contributed by atoms with Gasteiger partial charge in [-0.3, -0.25) is 9.10 Å². The van der Waals surface area contributed by atoms with E-state index in [2.05, 4.69) is 5.32 Å². The van der Waals surface area contributed by atoms with Gasteiger partial charge in [0.15, 0.2) is 0 Å². The number of amides is 1. The van der Waals surface area contributed by atoms with Crippen LogP contribution in [-0.4, -0.2) is 40.0 Å². The summed E-state index contributed by atoms with van der Waals surface area (Å²) in [5.41, 5.74) is 1.35. The average Bonchev–Trinajstić information content (AvgIpc) is 2.64. The topological polar surface area (TPSA) is 75.7 Å². The molecule has 2 rings (SSSR count). The van der Waals surface area contributed by atoms with Crippen molar-refractivity contribution in [1.29, 1.82) is 0 Å². The maximum Gasteiger partial charge on any atom is 0.241 e. The highest BCUT2D eigenvalue weighted by Crippen LogP contribution is 2.23. The van der Waals surface area contributed by atoms with Gasteiger partial charge >= 0.3 is 0 Å². The highest BCUT2D eigenvalue weighted by molar-refractivity contribution is 7.98. The maximum absolute atomic E-state index is 12.4. The van der Waals surface area contributed by atoms with Gasteiger partial charge in [0.2, 0.25) is 15.9 Å². The summed E-state index contributed by atoms with van der Waals surface area (Å²) in [4.78, 5) is 13.3. The molecule has 0 aliphatic heterocycles. The van der Waals surface area contributed by atoms with Gasteiger partial charge in [-0.05, 0) is 49.1 Å². The molecule has 1 amide bonds. The molecule has 2 aromatic rings.